The first-order valence-electron chi connectivity index (χ1n) is 6.59. The van der Waals surface area contributed by atoms with Crippen LogP contribution in [0.25, 0.3) is 0 Å². The van der Waals surface area contributed by atoms with Gasteiger partial charge in [0.1, 0.15) is 5.82 Å². The second-order valence-corrected chi connectivity index (χ2v) is 5.66. The molecule has 0 aliphatic rings. The zero-order chi connectivity index (χ0) is 15.9. The molecule has 0 radical (unpaired) electrons. The highest BCUT2D eigenvalue weighted by atomic mass is 32.2. The van der Waals surface area contributed by atoms with Gasteiger partial charge in [0, 0.05) is 10.5 Å². The molecule has 6 heteroatoms. The van der Waals surface area contributed by atoms with E-state index in [-0.39, 0.29) is 17.2 Å². The molecule has 0 saturated carbocycles. The number of amides is 2. The van der Waals surface area contributed by atoms with Crippen molar-refractivity contribution in [2.45, 2.75) is 11.8 Å². The van der Waals surface area contributed by atoms with Crippen molar-refractivity contribution in [1.29, 1.82) is 0 Å². The van der Waals surface area contributed by atoms with Crippen molar-refractivity contribution in [3.8, 4) is 0 Å². The number of aryl methyl sites for hydroxylation is 1. The van der Waals surface area contributed by atoms with Crippen LogP contribution < -0.4 is 10.9 Å². The maximum absolute atomic E-state index is 12.7. The highest BCUT2D eigenvalue weighted by Crippen LogP contribution is 2.17. The van der Waals surface area contributed by atoms with Crippen molar-refractivity contribution in [1.82, 2.24) is 10.9 Å². The van der Waals surface area contributed by atoms with Crippen LogP contribution >= 0.6 is 11.8 Å². The van der Waals surface area contributed by atoms with Crippen molar-refractivity contribution in [2.24, 2.45) is 0 Å². The number of carbonyl (C=O) groups is 2. The molecule has 0 atom stereocenters. The van der Waals surface area contributed by atoms with Gasteiger partial charge in [0.25, 0.3) is 5.91 Å². The average Bonchev–Trinajstić information content (AvgIpc) is 2.52. The van der Waals surface area contributed by atoms with E-state index in [0.29, 0.717) is 0 Å². The van der Waals surface area contributed by atoms with Crippen LogP contribution in [0.1, 0.15) is 15.9 Å². The standard InChI is InChI=1S/C16H15FN2O2S/c1-11-2-8-14(9-3-11)22-10-15(20)18-19-16(21)12-4-6-13(17)7-5-12/h2-9H,10H2,1H3,(H,18,20)(H,19,21). The molecule has 0 spiro atoms. The Morgan fingerprint density at radius 3 is 2.27 bits per heavy atom. The van der Waals surface area contributed by atoms with Crippen LogP contribution in [0, 0.1) is 12.7 Å². The molecule has 4 nitrogen and oxygen atoms in total. The third-order valence-electron chi connectivity index (χ3n) is 2.81. The summed E-state index contributed by atoms with van der Waals surface area (Å²) < 4.78 is 12.7. The molecule has 0 aliphatic carbocycles. The molecular weight excluding hydrogens is 303 g/mol. The molecule has 0 heterocycles. The zero-order valence-corrected chi connectivity index (χ0v) is 12.7. The van der Waals surface area contributed by atoms with Gasteiger partial charge in [-0.05, 0) is 43.3 Å². The van der Waals surface area contributed by atoms with Gasteiger partial charge < -0.3 is 0 Å². The molecule has 0 aliphatic heterocycles. The summed E-state index contributed by atoms with van der Waals surface area (Å²) in [6, 6.07) is 12.9. The molecule has 2 rings (SSSR count). The van der Waals surface area contributed by atoms with Crippen LogP contribution in [0.2, 0.25) is 0 Å². The summed E-state index contributed by atoms with van der Waals surface area (Å²) in [5.74, 6) is -1.04. The quantitative estimate of drug-likeness (QED) is 0.673. The SMILES string of the molecule is Cc1ccc(SCC(=O)NNC(=O)c2ccc(F)cc2)cc1. The number of rotatable bonds is 4. The summed E-state index contributed by atoms with van der Waals surface area (Å²) in [7, 11) is 0. The predicted octanol–water partition coefficient (Wildman–Crippen LogP) is 2.69. The Morgan fingerprint density at radius 2 is 1.64 bits per heavy atom. The molecule has 22 heavy (non-hydrogen) atoms. The van der Waals surface area contributed by atoms with Crippen molar-refractivity contribution < 1.29 is 14.0 Å². The van der Waals surface area contributed by atoms with Gasteiger partial charge >= 0.3 is 0 Å². The van der Waals surface area contributed by atoms with E-state index >= 15 is 0 Å². The van der Waals surface area contributed by atoms with E-state index in [0.717, 1.165) is 10.5 Å². The Labute approximate surface area is 132 Å². The maximum atomic E-state index is 12.7. The molecule has 2 amide bonds. The molecule has 0 fully saturated rings. The van der Waals surface area contributed by atoms with Gasteiger partial charge in [-0.25, -0.2) is 4.39 Å². The number of carbonyl (C=O) groups excluding carboxylic acids is 2. The summed E-state index contributed by atoms with van der Waals surface area (Å²) in [5, 5.41) is 0. The number of thioether (sulfide) groups is 1. The van der Waals surface area contributed by atoms with Gasteiger partial charge in [-0.1, -0.05) is 17.7 Å². The summed E-state index contributed by atoms with van der Waals surface area (Å²) in [5.41, 5.74) is 6.04. The lowest BCUT2D eigenvalue weighted by molar-refractivity contribution is -0.119. The van der Waals surface area contributed by atoms with Crippen LogP contribution in [0.4, 0.5) is 4.39 Å². The van der Waals surface area contributed by atoms with E-state index in [1.54, 1.807) is 0 Å². The third-order valence-corrected chi connectivity index (χ3v) is 3.82. The van der Waals surface area contributed by atoms with Gasteiger partial charge in [0.05, 0.1) is 5.75 Å². The Bertz CT molecular complexity index is 657. The van der Waals surface area contributed by atoms with E-state index in [9.17, 15) is 14.0 Å². The second-order valence-electron chi connectivity index (χ2n) is 4.61. The van der Waals surface area contributed by atoms with Gasteiger partial charge in [0.2, 0.25) is 5.91 Å². The molecular formula is C16H15FN2O2S. The summed E-state index contributed by atoms with van der Waals surface area (Å²) in [6.45, 7) is 1.99. The lowest BCUT2D eigenvalue weighted by atomic mass is 10.2. The van der Waals surface area contributed by atoms with Crippen LogP contribution in [-0.2, 0) is 4.79 Å². The van der Waals surface area contributed by atoms with E-state index in [4.69, 9.17) is 0 Å². The fourth-order valence-electron chi connectivity index (χ4n) is 1.62. The lowest BCUT2D eigenvalue weighted by Crippen LogP contribution is -2.42. The van der Waals surface area contributed by atoms with E-state index < -0.39 is 11.7 Å². The van der Waals surface area contributed by atoms with Crippen LogP contribution in [0.3, 0.4) is 0 Å². The first-order chi connectivity index (χ1) is 10.5. The average molecular weight is 318 g/mol. The molecule has 0 aromatic heterocycles. The number of halogens is 1. The highest BCUT2D eigenvalue weighted by Gasteiger charge is 2.07. The normalized spacial score (nSPS) is 10.1. The molecule has 0 unspecified atom stereocenters. The third kappa shape index (κ3) is 4.89. The van der Waals surface area contributed by atoms with Crippen LogP contribution in [-0.4, -0.2) is 17.6 Å². The molecule has 2 aromatic rings. The fourth-order valence-corrected chi connectivity index (χ4v) is 2.32. The highest BCUT2D eigenvalue weighted by molar-refractivity contribution is 8.00. The topological polar surface area (TPSA) is 58.2 Å². The van der Waals surface area contributed by atoms with Gasteiger partial charge in [-0.2, -0.15) is 0 Å². The Morgan fingerprint density at radius 1 is 1.00 bits per heavy atom. The van der Waals surface area contributed by atoms with Crippen molar-refractivity contribution >= 4 is 23.6 Å². The van der Waals surface area contributed by atoms with Crippen LogP contribution in [0.15, 0.2) is 53.4 Å². The number of nitrogens with one attached hydrogen (secondary N) is 2. The first-order valence-corrected chi connectivity index (χ1v) is 7.57. The summed E-state index contributed by atoms with van der Waals surface area (Å²) >= 11 is 1.37. The van der Waals surface area contributed by atoms with Crippen LogP contribution in [0.5, 0.6) is 0 Å². The maximum Gasteiger partial charge on any atom is 0.269 e. The Hall–Kier alpha value is -2.34. The van der Waals surface area contributed by atoms with E-state index in [2.05, 4.69) is 10.9 Å². The fraction of sp³-hybridized carbons (Fsp3) is 0.125. The lowest BCUT2D eigenvalue weighted by Gasteiger charge is -2.07. The smallest absolute Gasteiger partial charge is 0.269 e. The molecule has 0 saturated heterocycles. The van der Waals surface area contributed by atoms with E-state index in [1.807, 2.05) is 31.2 Å². The molecule has 2 N–H and O–H groups in total. The van der Waals surface area contributed by atoms with Crippen molar-refractivity contribution in [2.75, 3.05) is 5.75 Å². The number of benzene rings is 2. The Kier molecular flexibility index (Phi) is 5.55. The number of hydrogen-bond donors (Lipinski definition) is 2. The minimum absolute atomic E-state index is 0.187. The summed E-state index contributed by atoms with van der Waals surface area (Å²) in [4.78, 5) is 24.4. The second kappa shape index (κ2) is 7.61. The van der Waals surface area contributed by atoms with E-state index in [1.165, 1.54) is 36.0 Å². The molecule has 0 bridgehead atoms. The largest absolute Gasteiger partial charge is 0.272 e. The first kappa shape index (κ1) is 16.0. The van der Waals surface area contributed by atoms with Crippen molar-refractivity contribution in [3.05, 3.63) is 65.5 Å². The Balaban J connectivity index is 1.76. The van der Waals surface area contributed by atoms with Gasteiger partial charge in [-0.3, -0.25) is 20.4 Å². The number of hydrogen-bond acceptors (Lipinski definition) is 3. The minimum Gasteiger partial charge on any atom is -0.272 e. The van der Waals surface area contributed by atoms with Gasteiger partial charge in [-0.15, -0.1) is 11.8 Å². The van der Waals surface area contributed by atoms with Gasteiger partial charge in [0.15, 0.2) is 0 Å². The zero-order valence-electron chi connectivity index (χ0n) is 11.9. The summed E-state index contributed by atoms with van der Waals surface area (Å²) in [6.07, 6.45) is 0. The monoisotopic (exact) mass is 318 g/mol. The molecule has 114 valence electrons. The predicted molar refractivity (Wildman–Crippen MR) is 83.9 cm³/mol. The molecule has 2 aromatic carbocycles. The number of hydrazine groups is 1. The minimum atomic E-state index is -0.492. The van der Waals surface area contributed by atoms with Crippen molar-refractivity contribution in [3.63, 3.8) is 0 Å².